The van der Waals surface area contributed by atoms with Crippen molar-refractivity contribution in [3.8, 4) is 0 Å². The molecule has 0 saturated carbocycles. The number of carbonyl (C=O) groups excluding carboxylic acids is 14. The van der Waals surface area contributed by atoms with Crippen LogP contribution in [0.25, 0.3) is 0 Å². The number of hydrogen-bond acceptors (Lipinski definition) is 39. The summed E-state index contributed by atoms with van der Waals surface area (Å²) in [6.45, 7) is 4.74. The van der Waals surface area contributed by atoms with Gasteiger partial charge in [-0.25, -0.2) is 0 Å². The first-order valence-electron chi connectivity index (χ1n) is 46.0. The Bertz CT molecular complexity index is 3220. The first-order valence-corrected chi connectivity index (χ1v) is 48.5. The Balaban J connectivity index is 1.31. The van der Waals surface area contributed by atoms with E-state index in [9.17, 15) is 103 Å². The number of esters is 4. The summed E-state index contributed by atoms with van der Waals surface area (Å²) in [6.07, 6.45) is -9.31. The van der Waals surface area contributed by atoms with E-state index in [0.717, 1.165) is 0 Å². The molecule has 764 valence electrons. The van der Waals surface area contributed by atoms with E-state index in [1.54, 1.807) is 0 Å². The maximum Gasteiger partial charge on any atom is 0.306 e. The lowest BCUT2D eigenvalue weighted by Crippen LogP contribution is -2.62. The first kappa shape index (κ1) is 118. The van der Waals surface area contributed by atoms with Crippen LogP contribution in [-0.2, 0) is 129 Å². The fourth-order valence-corrected chi connectivity index (χ4v) is 15.9. The van der Waals surface area contributed by atoms with Gasteiger partial charge >= 0.3 is 23.9 Å². The van der Waals surface area contributed by atoms with Gasteiger partial charge < -0.3 is 162 Å². The van der Waals surface area contributed by atoms with E-state index in [1.807, 2.05) is 6.92 Å². The summed E-state index contributed by atoms with van der Waals surface area (Å²) in [5.41, 5.74) is 16.5. The summed E-state index contributed by atoms with van der Waals surface area (Å²) in [7, 11) is 3.05. The number of unbranched alkanes of at least 4 members (excludes halogenated alkanes) is 4. The molecular weight excluding hydrogens is 1800 g/mol. The van der Waals surface area contributed by atoms with Crippen molar-refractivity contribution in [1.29, 1.82) is 0 Å². The van der Waals surface area contributed by atoms with Gasteiger partial charge in [0.25, 0.3) is 0 Å². The molecule has 4 heterocycles. The molecule has 0 aromatic carbocycles. The van der Waals surface area contributed by atoms with Crippen molar-refractivity contribution in [3.05, 3.63) is 0 Å². The zero-order chi connectivity index (χ0) is 97.9. The molecule has 0 aromatic heterocycles. The fourth-order valence-electron chi connectivity index (χ4n) is 13.9. The number of likely N-dealkylation sites (tertiary alicyclic amines) is 1. The lowest BCUT2D eigenvalue weighted by Gasteiger charge is -2.40. The second kappa shape index (κ2) is 68.7. The minimum Gasteiger partial charge on any atom is -0.463 e. The van der Waals surface area contributed by atoms with Crippen LogP contribution in [0.2, 0.25) is 0 Å². The van der Waals surface area contributed by atoms with Gasteiger partial charge in [-0.3, -0.25) is 67.1 Å². The van der Waals surface area contributed by atoms with E-state index in [-0.39, 0.29) is 244 Å². The van der Waals surface area contributed by atoms with Crippen molar-refractivity contribution in [1.82, 2.24) is 47.4 Å². The van der Waals surface area contributed by atoms with Gasteiger partial charge in [0.2, 0.25) is 53.2 Å². The first-order chi connectivity index (χ1) is 63.7. The number of ether oxygens (including phenoxy) is 13. The summed E-state index contributed by atoms with van der Waals surface area (Å²) in [6, 6.07) is -3.76. The molecule has 4 aliphatic heterocycles. The molecule has 48 heteroatoms. The van der Waals surface area contributed by atoms with E-state index >= 15 is 0 Å². The molecule has 21 N–H and O–H groups in total. The van der Waals surface area contributed by atoms with Crippen molar-refractivity contribution in [3.63, 3.8) is 0 Å². The number of aliphatic hydroxyl groups is 7. The van der Waals surface area contributed by atoms with Crippen LogP contribution in [-0.4, -0.2) is 383 Å². The number of rotatable bonds is 72. The molecule has 9 amide bonds. The van der Waals surface area contributed by atoms with Gasteiger partial charge in [0.05, 0.1) is 83.4 Å². The minimum absolute atomic E-state index is 0.0200. The number of nitrogens with two attached hydrogens (primary N) is 3. The molecule has 15 unspecified atom stereocenters. The van der Waals surface area contributed by atoms with E-state index < -0.39 is 157 Å². The minimum atomic E-state index is -1.52. The number of amides is 9. The van der Waals surface area contributed by atoms with Crippen LogP contribution < -0.4 is 59.7 Å². The molecule has 0 aromatic rings. The van der Waals surface area contributed by atoms with Crippen molar-refractivity contribution in [2.75, 3.05) is 150 Å². The molecule has 133 heavy (non-hydrogen) atoms. The third kappa shape index (κ3) is 50.6. The van der Waals surface area contributed by atoms with Crippen molar-refractivity contribution in [2.24, 2.45) is 17.2 Å². The van der Waals surface area contributed by atoms with Crippen LogP contribution in [0.5, 0.6) is 0 Å². The van der Waals surface area contributed by atoms with Crippen LogP contribution >= 0.6 is 21.6 Å². The fraction of sp³-hybridized carbons (Fsp3) is 0.835. The Morgan fingerprint density at radius 2 is 0.729 bits per heavy atom. The summed E-state index contributed by atoms with van der Waals surface area (Å²) in [4.78, 5) is 178. The highest BCUT2D eigenvalue weighted by molar-refractivity contribution is 8.76. The normalized spacial score (nSPS) is 23.8. The van der Waals surface area contributed by atoms with Crippen molar-refractivity contribution < 1.29 is 164 Å². The summed E-state index contributed by atoms with van der Waals surface area (Å²) in [5, 5.41) is 94.7. The van der Waals surface area contributed by atoms with Crippen molar-refractivity contribution >= 4 is 104 Å². The number of aliphatic hydroxyl groups excluding tert-OH is 7. The predicted octanol–water partition coefficient (Wildman–Crippen LogP) is -4.01. The zero-order valence-corrected chi connectivity index (χ0v) is 78.7. The Morgan fingerprint density at radius 3 is 1.08 bits per heavy atom. The highest BCUT2D eigenvalue weighted by Gasteiger charge is 2.47. The van der Waals surface area contributed by atoms with Crippen LogP contribution in [0.3, 0.4) is 0 Å². The number of carbonyl (C=O) groups is 14. The summed E-state index contributed by atoms with van der Waals surface area (Å²) < 4.78 is 72.5. The molecule has 17 atom stereocenters. The number of hydrogen-bond donors (Lipinski definition) is 18. The highest BCUT2D eigenvalue weighted by Crippen LogP contribution is 2.28. The average molecular weight is 1950 g/mol. The van der Waals surface area contributed by atoms with Crippen LogP contribution in [0.4, 0.5) is 0 Å². The van der Waals surface area contributed by atoms with Gasteiger partial charge in [0.1, 0.15) is 92.2 Å². The molecule has 4 aliphatic rings. The molecule has 46 nitrogen and oxygen atoms in total. The van der Waals surface area contributed by atoms with Gasteiger partial charge in [-0.2, -0.15) is 0 Å². The van der Waals surface area contributed by atoms with E-state index in [4.69, 9.17) is 78.8 Å². The molecule has 4 saturated heterocycles. The van der Waals surface area contributed by atoms with E-state index in [2.05, 4.69) is 42.5 Å². The number of ketones is 1. The standard InChI is InChI=1S/C85H148N12O34S2/c1-5-18-58(102)25-26-72(112)128-59-45-57(47-98)97(46-59)71(111)24-14-43-132-133-44-36-95-66(106)19-6-7-23-70(110)96-85(51-119-40-27-67(107)92-33-15-30-89-63(103)20-8-11-37-122-82-73(86)79(116)76(113)60(129-82)48-125-54(2)99,52-120-41-28-68(108)93-34-16-31-90-64(104)21-9-12-38-123-83-74(87)80(117)77(114)61(130-83)49-126-55(3)100)53-121-42-29-69(109)94-35-17-32-91-65(105)22-10-13-39-124-84-75(88)81(118)78(115)62(131-84)50-127-56(4)101/h57,59-62,73-84,98,113-118H,5-53,86-88H2,1-4H3,(H,89,103)(H,90,104)(H,91,105)(H,92,107)(H,93,108)(H,94,109)(H,95,106)(H,96,110)/t57-,59+,60?,61?,62?,73?,74?,75?,76?,77?,78?,79?,80?,81?,82?,83?,84?,85?/m0/s1. The third-order valence-electron chi connectivity index (χ3n) is 21.4. The van der Waals surface area contributed by atoms with E-state index in [1.165, 1.54) is 47.3 Å². The molecule has 0 radical (unpaired) electrons. The lowest BCUT2D eigenvalue weighted by atomic mass is 9.98. The van der Waals surface area contributed by atoms with Crippen LogP contribution in [0.15, 0.2) is 0 Å². The maximum absolute atomic E-state index is 14.1. The Hall–Kier alpha value is -7.28. The molecule has 4 fully saturated rings. The van der Waals surface area contributed by atoms with Gasteiger partial charge in [-0.15, -0.1) is 0 Å². The lowest BCUT2D eigenvalue weighted by molar-refractivity contribution is -0.267. The Morgan fingerprint density at radius 1 is 0.391 bits per heavy atom. The number of nitrogens with one attached hydrogen (secondary N) is 8. The zero-order valence-electron chi connectivity index (χ0n) is 77.1. The highest BCUT2D eigenvalue weighted by atomic mass is 33.1. The van der Waals surface area contributed by atoms with Gasteiger partial charge in [-0.05, 0) is 83.5 Å². The Labute approximate surface area is 783 Å². The molecule has 4 rings (SSSR count). The largest absolute Gasteiger partial charge is 0.463 e. The maximum atomic E-state index is 14.1. The van der Waals surface area contributed by atoms with Gasteiger partial charge in [0, 0.05) is 175 Å². The molecular formula is C85H148N12O34S2. The topological polar surface area (TPSA) is 678 Å². The predicted molar refractivity (Wildman–Crippen MR) is 476 cm³/mol. The average Bonchev–Trinajstić information content (AvgIpc) is 1.73. The second-order valence-corrected chi connectivity index (χ2v) is 35.6. The van der Waals surface area contributed by atoms with Crippen molar-refractivity contribution in [2.45, 2.75) is 304 Å². The van der Waals surface area contributed by atoms with Crippen LogP contribution in [0.1, 0.15) is 195 Å². The molecule has 0 aliphatic carbocycles. The van der Waals surface area contributed by atoms with Crippen LogP contribution in [0, 0.1) is 0 Å². The number of nitrogens with zero attached hydrogens (tertiary/aromatic N) is 1. The van der Waals surface area contributed by atoms with E-state index in [0.29, 0.717) is 108 Å². The summed E-state index contributed by atoms with van der Waals surface area (Å²) >= 11 is 0. The Kier molecular flexibility index (Phi) is 60.9. The van der Waals surface area contributed by atoms with Gasteiger partial charge in [0.15, 0.2) is 18.9 Å². The molecule has 0 bridgehead atoms. The summed E-state index contributed by atoms with van der Waals surface area (Å²) in [5.74, 6) is -4.08. The quantitative estimate of drug-likeness (QED) is 0.0119. The monoisotopic (exact) mass is 1940 g/mol. The second-order valence-electron chi connectivity index (χ2n) is 32.9. The van der Waals surface area contributed by atoms with Gasteiger partial charge in [-0.1, -0.05) is 28.5 Å². The smallest absolute Gasteiger partial charge is 0.306 e. The molecule has 0 spiro atoms. The SMILES string of the molecule is CCCC(=O)CCC(=O)O[C@@H]1C[C@@H](CO)N(C(=O)CCCSSCCNC(=O)CCCCC(=O)NC(COCCC(=O)NCCCNC(=O)CCCCOC2OC(COC(C)=O)C(O)C(O)C2N)(COCCC(=O)NCCCNC(=O)CCCCOC2OC(COC(C)=O)C(O)C(O)C2N)COCCC(=O)NCCCNC(=O)CCCCOC2OC(COC(C)=O)C(O)C(O)C2N)C1. The third-order valence-corrected chi connectivity index (χ3v) is 23.9. The number of Topliss-reactive ketones (excluding diaryl/α,β-unsaturated/α-hetero) is 1.